The maximum absolute atomic E-state index is 12.6. The second kappa shape index (κ2) is 5.43. The first kappa shape index (κ1) is 15.1. The smallest absolute Gasteiger partial charge is 0.278 e. The first-order chi connectivity index (χ1) is 10.9. The molecule has 5 heteroatoms. The molecule has 3 rings (SSSR count). The van der Waals surface area contributed by atoms with Crippen LogP contribution >= 0.6 is 0 Å². The molecule has 1 heterocycles. The van der Waals surface area contributed by atoms with Crippen LogP contribution in [0.1, 0.15) is 18.1 Å². The zero-order valence-electron chi connectivity index (χ0n) is 13.3. The molecule has 1 atom stereocenters. The molecular weight excluding hydrogens is 292 g/mol. The molecule has 0 saturated heterocycles. The number of benzene rings is 2. The molecule has 0 aliphatic carbocycles. The number of hydrogen-bond acceptors (Lipinski definition) is 3. The first-order valence-electron chi connectivity index (χ1n) is 7.38. The number of carbonyl (C=O) groups excluding carboxylic acids is 2. The van der Waals surface area contributed by atoms with Crippen LogP contribution in [0.5, 0.6) is 5.75 Å². The van der Waals surface area contributed by atoms with Crippen LogP contribution in [0.2, 0.25) is 0 Å². The van der Waals surface area contributed by atoms with E-state index in [9.17, 15) is 9.59 Å². The van der Waals surface area contributed by atoms with Gasteiger partial charge >= 0.3 is 0 Å². The third-order valence-corrected chi connectivity index (χ3v) is 3.80. The van der Waals surface area contributed by atoms with E-state index in [2.05, 4.69) is 10.6 Å². The molecule has 2 amide bonds. The predicted molar refractivity (Wildman–Crippen MR) is 88.7 cm³/mol. The number of fused-ring (bicyclic) bond motifs is 1. The Morgan fingerprint density at radius 3 is 2.48 bits per heavy atom. The molecule has 5 nitrogen and oxygen atoms in total. The molecule has 0 saturated carbocycles. The fraction of sp³-hybridized carbons (Fsp3) is 0.222. The summed E-state index contributed by atoms with van der Waals surface area (Å²) in [6.07, 6.45) is 0. The van der Waals surface area contributed by atoms with E-state index in [1.807, 2.05) is 32.0 Å². The molecule has 0 fully saturated rings. The average Bonchev–Trinajstić information content (AvgIpc) is 2.47. The van der Waals surface area contributed by atoms with Gasteiger partial charge in [-0.15, -0.1) is 0 Å². The van der Waals surface area contributed by atoms with Crippen molar-refractivity contribution in [2.45, 2.75) is 26.4 Å². The van der Waals surface area contributed by atoms with Gasteiger partial charge in [0.25, 0.3) is 17.4 Å². The minimum atomic E-state index is -1.62. The molecule has 1 aliphatic rings. The highest BCUT2D eigenvalue weighted by molar-refractivity contribution is 6.19. The van der Waals surface area contributed by atoms with Gasteiger partial charge in [-0.3, -0.25) is 9.59 Å². The third-order valence-electron chi connectivity index (χ3n) is 3.80. The molecule has 2 N–H and O–H groups in total. The quantitative estimate of drug-likeness (QED) is 0.838. The van der Waals surface area contributed by atoms with Gasteiger partial charge in [0, 0.05) is 5.69 Å². The average molecular weight is 310 g/mol. The summed E-state index contributed by atoms with van der Waals surface area (Å²) in [7, 11) is 0. The number of anilines is 2. The van der Waals surface area contributed by atoms with Gasteiger partial charge in [0.05, 0.1) is 5.69 Å². The lowest BCUT2D eigenvalue weighted by molar-refractivity contribution is -0.143. The number of amides is 2. The fourth-order valence-electron chi connectivity index (χ4n) is 2.61. The van der Waals surface area contributed by atoms with E-state index < -0.39 is 17.4 Å². The molecule has 0 radical (unpaired) electrons. The fourth-order valence-corrected chi connectivity index (χ4v) is 2.61. The van der Waals surface area contributed by atoms with Crippen LogP contribution in [0.3, 0.4) is 0 Å². The van der Waals surface area contributed by atoms with Crippen molar-refractivity contribution in [3.63, 3.8) is 0 Å². The van der Waals surface area contributed by atoms with Crippen LogP contribution in [0.15, 0.2) is 42.5 Å². The number of carbonyl (C=O) groups is 2. The maximum Gasteiger partial charge on any atom is 0.278 e. The summed E-state index contributed by atoms with van der Waals surface area (Å²) in [6, 6.07) is 12.7. The number of ether oxygens (including phenoxy) is 1. The lowest BCUT2D eigenvalue weighted by Gasteiger charge is -2.33. The summed E-state index contributed by atoms with van der Waals surface area (Å²) in [5.74, 6) is -0.516. The third kappa shape index (κ3) is 2.77. The maximum atomic E-state index is 12.6. The normalized spacial score (nSPS) is 19.3. The molecule has 2 aromatic carbocycles. The van der Waals surface area contributed by atoms with E-state index in [-0.39, 0.29) is 0 Å². The van der Waals surface area contributed by atoms with Crippen LogP contribution in [0.4, 0.5) is 11.4 Å². The van der Waals surface area contributed by atoms with Crippen molar-refractivity contribution in [3.05, 3.63) is 53.6 Å². The number of nitrogens with one attached hydrogen (secondary N) is 2. The monoisotopic (exact) mass is 310 g/mol. The minimum absolute atomic E-state index is 0.477. The van der Waals surface area contributed by atoms with Gasteiger partial charge in [-0.05, 0) is 56.2 Å². The highest BCUT2D eigenvalue weighted by Gasteiger charge is 2.47. The first-order valence-corrected chi connectivity index (χ1v) is 7.38. The zero-order valence-corrected chi connectivity index (χ0v) is 13.3. The number of para-hydroxylation sites is 2. The SMILES string of the molecule is Cc1cc(C)cc(NC(=O)C2(C)Oc3ccccc3NC2=O)c1. The van der Waals surface area contributed by atoms with Crippen LogP contribution in [0.25, 0.3) is 0 Å². The highest BCUT2D eigenvalue weighted by Crippen LogP contribution is 2.33. The summed E-state index contributed by atoms with van der Waals surface area (Å²) in [5.41, 5.74) is 1.65. The lowest BCUT2D eigenvalue weighted by Crippen LogP contribution is -2.56. The molecule has 0 spiro atoms. The highest BCUT2D eigenvalue weighted by atomic mass is 16.5. The van der Waals surface area contributed by atoms with Gasteiger partial charge < -0.3 is 15.4 Å². The van der Waals surface area contributed by atoms with Crippen molar-refractivity contribution in [1.29, 1.82) is 0 Å². The van der Waals surface area contributed by atoms with Crippen molar-refractivity contribution >= 4 is 23.2 Å². The van der Waals surface area contributed by atoms with Crippen molar-refractivity contribution < 1.29 is 14.3 Å². The molecule has 0 bridgehead atoms. The summed E-state index contributed by atoms with van der Waals surface area (Å²) in [6.45, 7) is 5.37. The standard InChI is InChI=1S/C18H18N2O3/c1-11-8-12(2)10-13(9-11)19-16(21)18(3)17(22)20-14-6-4-5-7-15(14)23-18/h4-10H,1-3H3,(H,19,21)(H,20,22). The Labute approximate surface area is 134 Å². The van der Waals surface area contributed by atoms with Gasteiger partial charge in [0.2, 0.25) is 0 Å². The van der Waals surface area contributed by atoms with E-state index in [1.165, 1.54) is 6.92 Å². The Morgan fingerprint density at radius 2 is 1.78 bits per heavy atom. The molecule has 0 aromatic heterocycles. The second-order valence-corrected chi connectivity index (χ2v) is 5.92. The van der Waals surface area contributed by atoms with Crippen LogP contribution in [0, 0.1) is 13.8 Å². The van der Waals surface area contributed by atoms with E-state index >= 15 is 0 Å². The van der Waals surface area contributed by atoms with Gasteiger partial charge in [-0.25, -0.2) is 0 Å². The van der Waals surface area contributed by atoms with Crippen molar-refractivity contribution in [3.8, 4) is 5.75 Å². The molecule has 1 aliphatic heterocycles. The van der Waals surface area contributed by atoms with Crippen LogP contribution in [-0.2, 0) is 9.59 Å². The minimum Gasteiger partial charge on any atom is -0.466 e. The number of rotatable bonds is 2. The van der Waals surface area contributed by atoms with Crippen molar-refractivity contribution in [1.82, 2.24) is 0 Å². The topological polar surface area (TPSA) is 67.4 Å². The van der Waals surface area contributed by atoms with Gasteiger partial charge in [0.15, 0.2) is 0 Å². The van der Waals surface area contributed by atoms with E-state index in [0.717, 1.165) is 11.1 Å². The Hall–Kier alpha value is -2.82. The summed E-state index contributed by atoms with van der Waals surface area (Å²) in [4.78, 5) is 25.0. The Bertz CT molecular complexity index is 780. The van der Waals surface area contributed by atoms with Crippen LogP contribution < -0.4 is 15.4 Å². The lowest BCUT2D eigenvalue weighted by atomic mass is 10.0. The molecular formula is C18H18N2O3. The number of hydrogen-bond donors (Lipinski definition) is 2. The molecule has 1 unspecified atom stereocenters. The Balaban J connectivity index is 1.88. The second-order valence-electron chi connectivity index (χ2n) is 5.92. The summed E-state index contributed by atoms with van der Waals surface area (Å²) >= 11 is 0. The summed E-state index contributed by atoms with van der Waals surface area (Å²) in [5, 5.41) is 5.49. The van der Waals surface area contributed by atoms with E-state index in [4.69, 9.17) is 4.74 Å². The molecule has 2 aromatic rings. The van der Waals surface area contributed by atoms with Gasteiger partial charge in [-0.1, -0.05) is 18.2 Å². The van der Waals surface area contributed by atoms with Crippen LogP contribution in [-0.4, -0.2) is 17.4 Å². The number of aryl methyl sites for hydroxylation is 2. The molecule has 118 valence electrons. The van der Waals surface area contributed by atoms with Gasteiger partial charge in [-0.2, -0.15) is 0 Å². The predicted octanol–water partition coefficient (Wildman–Crippen LogP) is 3.03. The summed E-state index contributed by atoms with van der Waals surface area (Å²) < 4.78 is 5.70. The van der Waals surface area contributed by atoms with Gasteiger partial charge in [0.1, 0.15) is 5.75 Å². The van der Waals surface area contributed by atoms with E-state index in [0.29, 0.717) is 17.1 Å². The Kier molecular flexibility index (Phi) is 3.56. The van der Waals surface area contributed by atoms with Crippen molar-refractivity contribution in [2.75, 3.05) is 10.6 Å². The zero-order chi connectivity index (χ0) is 16.6. The van der Waals surface area contributed by atoms with E-state index in [1.54, 1.807) is 24.3 Å². The molecule has 23 heavy (non-hydrogen) atoms. The Morgan fingerprint density at radius 1 is 1.13 bits per heavy atom. The van der Waals surface area contributed by atoms with Crippen molar-refractivity contribution in [2.24, 2.45) is 0 Å². The largest absolute Gasteiger partial charge is 0.466 e.